The average Bonchev–Trinajstić information content (AvgIpc) is 3.44. The predicted octanol–water partition coefficient (Wildman–Crippen LogP) is 1.42. The molecule has 2 fully saturated rings. The number of amides is 2. The molecule has 11 heteroatoms. The van der Waals surface area contributed by atoms with Gasteiger partial charge in [-0.05, 0) is 38.0 Å². The number of nitrogens with zero attached hydrogens (tertiary/aromatic N) is 5. The van der Waals surface area contributed by atoms with E-state index in [0.29, 0.717) is 25.9 Å². The third-order valence-corrected chi connectivity index (χ3v) is 8.43. The van der Waals surface area contributed by atoms with Crippen molar-refractivity contribution in [2.75, 3.05) is 26.3 Å². The summed E-state index contributed by atoms with van der Waals surface area (Å²) in [6, 6.07) is 6.60. The molecule has 11 nitrogen and oxygen atoms in total. The highest BCUT2D eigenvalue weighted by Gasteiger charge is 2.74. The maximum absolute atomic E-state index is 14.4. The molecule has 5 atom stereocenters. The second-order valence-corrected chi connectivity index (χ2v) is 10.9. The van der Waals surface area contributed by atoms with Crippen molar-refractivity contribution in [2.45, 2.75) is 56.5 Å². The molecule has 39 heavy (non-hydrogen) atoms. The number of hydrogen-bond acceptors (Lipinski definition) is 8. The number of hydrogen-bond donors (Lipinski definition) is 1. The molecule has 4 aliphatic heterocycles. The van der Waals surface area contributed by atoms with Crippen LogP contribution >= 0.6 is 0 Å². The number of para-hydroxylation sites is 1. The van der Waals surface area contributed by atoms with Crippen LogP contribution in [0.2, 0.25) is 0 Å². The van der Waals surface area contributed by atoms with Crippen LogP contribution in [0, 0.1) is 11.8 Å². The van der Waals surface area contributed by atoms with Crippen LogP contribution in [0.4, 0.5) is 0 Å². The van der Waals surface area contributed by atoms with Crippen LogP contribution in [-0.4, -0.2) is 91.2 Å². The van der Waals surface area contributed by atoms with Crippen molar-refractivity contribution < 1.29 is 29.0 Å². The van der Waals surface area contributed by atoms with Crippen molar-refractivity contribution in [1.29, 1.82) is 0 Å². The molecule has 2 saturated heterocycles. The Bertz CT molecular complexity index is 1350. The Kier molecular flexibility index (Phi) is 6.50. The van der Waals surface area contributed by atoms with Crippen LogP contribution in [0.3, 0.4) is 0 Å². The smallest absolute Gasteiger partial charge is 0.313 e. The first-order valence-electron chi connectivity index (χ1n) is 13.6. The van der Waals surface area contributed by atoms with E-state index in [2.05, 4.69) is 10.3 Å². The van der Waals surface area contributed by atoms with E-state index in [4.69, 9.17) is 14.6 Å². The first-order chi connectivity index (χ1) is 18.9. The molecule has 2 amide bonds. The molecule has 1 N–H and O–H groups in total. The van der Waals surface area contributed by atoms with E-state index < -0.39 is 35.0 Å². The van der Waals surface area contributed by atoms with Crippen molar-refractivity contribution in [2.24, 2.45) is 11.8 Å². The normalized spacial score (nSPS) is 31.7. The average molecular weight is 536 g/mol. The van der Waals surface area contributed by atoms with Crippen LogP contribution in [0.1, 0.15) is 32.6 Å². The number of fused-ring (bicyclic) bond motifs is 3. The van der Waals surface area contributed by atoms with Gasteiger partial charge in [0.1, 0.15) is 36.4 Å². The molecule has 1 aromatic carbocycles. The van der Waals surface area contributed by atoms with E-state index >= 15 is 0 Å². The molecule has 0 bridgehead atoms. The van der Waals surface area contributed by atoms with Gasteiger partial charge < -0.3 is 24.4 Å². The number of aliphatic hydroxyl groups is 1. The summed E-state index contributed by atoms with van der Waals surface area (Å²) in [4.78, 5) is 44.9. The van der Waals surface area contributed by atoms with Crippen molar-refractivity contribution >= 4 is 28.8 Å². The van der Waals surface area contributed by atoms with Crippen LogP contribution < -0.4 is 0 Å². The SMILES string of the molecule is C[C@]12C=CCOC(=O)[C@H]1[C@H]1C(=O)N(CCCCCCO)C3C(=O)N(Cn4nnc5ccccc54)CC=C[C@@]31O2. The van der Waals surface area contributed by atoms with Gasteiger partial charge in [-0.1, -0.05) is 48.4 Å². The summed E-state index contributed by atoms with van der Waals surface area (Å²) in [5.41, 5.74) is -0.862. The predicted molar refractivity (Wildman–Crippen MR) is 139 cm³/mol. The Morgan fingerprint density at radius 2 is 1.85 bits per heavy atom. The number of ether oxygens (including phenoxy) is 2. The topological polar surface area (TPSA) is 127 Å². The van der Waals surface area contributed by atoms with E-state index in [1.807, 2.05) is 36.4 Å². The third-order valence-electron chi connectivity index (χ3n) is 8.43. The standard InChI is InChI=1S/C28H33N5O6/c1-27-12-9-17-38-26(37)22(27)21-24(35)32(15-6-2-3-7-16-34)23-25(36)31(14-8-13-28(21,23)39-27)18-33-20-11-5-4-10-19(20)29-30-33/h4-5,8-13,21-23,34H,2-3,6-7,14-18H2,1H3/t21-,22+,23?,27-,28-/m0/s1. The Hall–Kier alpha value is -3.57. The summed E-state index contributed by atoms with van der Waals surface area (Å²) < 4.78 is 13.8. The zero-order valence-electron chi connectivity index (χ0n) is 21.9. The monoisotopic (exact) mass is 535 g/mol. The zero-order chi connectivity index (χ0) is 27.2. The molecule has 1 aromatic heterocycles. The minimum Gasteiger partial charge on any atom is -0.461 e. The van der Waals surface area contributed by atoms with Crippen LogP contribution in [0.15, 0.2) is 48.6 Å². The minimum absolute atomic E-state index is 0.120. The van der Waals surface area contributed by atoms with E-state index in [-0.39, 0.29) is 31.7 Å². The lowest BCUT2D eigenvalue weighted by molar-refractivity contribution is -0.158. The molecule has 0 radical (unpaired) electrons. The summed E-state index contributed by atoms with van der Waals surface area (Å²) in [7, 11) is 0. The third kappa shape index (κ3) is 4.06. The largest absolute Gasteiger partial charge is 0.461 e. The summed E-state index contributed by atoms with van der Waals surface area (Å²) in [5, 5.41) is 17.6. The van der Waals surface area contributed by atoms with Crippen molar-refractivity contribution in [3.63, 3.8) is 0 Å². The Morgan fingerprint density at radius 1 is 1.03 bits per heavy atom. The second-order valence-electron chi connectivity index (χ2n) is 10.9. The number of unbranched alkanes of at least 4 members (excludes halogenated alkanes) is 3. The lowest BCUT2D eigenvalue weighted by Gasteiger charge is -2.37. The molecule has 2 aromatic rings. The molecule has 0 saturated carbocycles. The van der Waals surface area contributed by atoms with Crippen LogP contribution in [0.5, 0.6) is 0 Å². The fraction of sp³-hybridized carbons (Fsp3) is 0.536. The highest BCUT2D eigenvalue weighted by Crippen LogP contribution is 2.57. The maximum Gasteiger partial charge on any atom is 0.313 e. The molecular formula is C28H33N5O6. The van der Waals surface area contributed by atoms with Gasteiger partial charge in [0.25, 0.3) is 5.91 Å². The summed E-state index contributed by atoms with van der Waals surface area (Å²) in [6.07, 6.45) is 10.2. The molecule has 0 aliphatic carbocycles. The van der Waals surface area contributed by atoms with Crippen LogP contribution in [-0.2, 0) is 30.5 Å². The van der Waals surface area contributed by atoms with Crippen molar-refractivity contribution in [3.8, 4) is 0 Å². The second kappa shape index (κ2) is 9.87. The highest BCUT2D eigenvalue weighted by atomic mass is 16.6. The van der Waals surface area contributed by atoms with E-state index in [1.165, 1.54) is 0 Å². The van der Waals surface area contributed by atoms with Gasteiger partial charge in [-0.15, -0.1) is 5.10 Å². The molecule has 206 valence electrons. The number of benzene rings is 1. The number of carbonyl (C=O) groups is 3. The Morgan fingerprint density at radius 3 is 2.69 bits per heavy atom. The fourth-order valence-electron chi connectivity index (χ4n) is 6.70. The number of esters is 1. The van der Waals surface area contributed by atoms with Gasteiger partial charge in [0.2, 0.25) is 5.91 Å². The van der Waals surface area contributed by atoms with Gasteiger partial charge >= 0.3 is 5.97 Å². The molecule has 4 aliphatic rings. The molecule has 1 unspecified atom stereocenters. The van der Waals surface area contributed by atoms with Gasteiger partial charge in [0.15, 0.2) is 0 Å². The molecule has 1 spiro atoms. The number of likely N-dealkylation sites (tertiary alicyclic amines) is 1. The van der Waals surface area contributed by atoms with Crippen molar-refractivity contribution in [1.82, 2.24) is 24.8 Å². The number of cyclic esters (lactones) is 1. The van der Waals surface area contributed by atoms with E-state index in [9.17, 15) is 14.4 Å². The maximum atomic E-state index is 14.4. The lowest BCUT2D eigenvalue weighted by atomic mass is 9.75. The molecule has 6 rings (SSSR count). The van der Waals surface area contributed by atoms with Gasteiger partial charge in [0.05, 0.1) is 17.0 Å². The minimum atomic E-state index is -1.31. The van der Waals surface area contributed by atoms with Gasteiger partial charge in [-0.2, -0.15) is 0 Å². The van der Waals surface area contributed by atoms with E-state index in [0.717, 1.165) is 23.9 Å². The fourth-order valence-corrected chi connectivity index (χ4v) is 6.70. The quantitative estimate of drug-likeness (QED) is 0.306. The summed E-state index contributed by atoms with van der Waals surface area (Å²) in [5.74, 6) is -2.77. The van der Waals surface area contributed by atoms with Gasteiger partial charge in [0, 0.05) is 19.7 Å². The van der Waals surface area contributed by atoms with E-state index in [1.54, 1.807) is 33.6 Å². The van der Waals surface area contributed by atoms with Gasteiger partial charge in [-0.3, -0.25) is 14.4 Å². The number of aliphatic hydroxyl groups excluding tert-OH is 1. The Labute approximate surface area is 226 Å². The molecular weight excluding hydrogens is 502 g/mol. The number of aromatic nitrogens is 3. The number of rotatable bonds is 8. The Balaban J connectivity index is 1.37. The zero-order valence-corrected chi connectivity index (χ0v) is 21.9. The summed E-state index contributed by atoms with van der Waals surface area (Å²) in [6.45, 7) is 2.83. The summed E-state index contributed by atoms with van der Waals surface area (Å²) >= 11 is 0. The van der Waals surface area contributed by atoms with Crippen molar-refractivity contribution in [3.05, 3.63) is 48.6 Å². The van der Waals surface area contributed by atoms with Gasteiger partial charge in [-0.25, -0.2) is 4.68 Å². The first-order valence-corrected chi connectivity index (χ1v) is 13.6. The highest BCUT2D eigenvalue weighted by molar-refractivity contribution is 5.99. The lowest BCUT2D eigenvalue weighted by Crippen LogP contribution is -2.56. The first kappa shape index (κ1) is 25.7. The molecule has 5 heterocycles. The number of carbonyl (C=O) groups excluding carboxylic acids is 3. The van der Waals surface area contributed by atoms with Crippen LogP contribution in [0.25, 0.3) is 11.0 Å².